The van der Waals surface area contributed by atoms with E-state index in [0.29, 0.717) is 24.5 Å². The first-order valence-electron chi connectivity index (χ1n) is 5.39. The van der Waals surface area contributed by atoms with Gasteiger partial charge in [0, 0.05) is 18.2 Å². The Hall–Kier alpha value is -2.02. The van der Waals surface area contributed by atoms with E-state index in [1.807, 2.05) is 13.8 Å². The Bertz CT molecular complexity index is 488. The molecule has 1 fully saturated rings. The Kier molecular flexibility index (Phi) is 2.76. The Morgan fingerprint density at radius 3 is 3.06 bits per heavy atom. The summed E-state index contributed by atoms with van der Waals surface area (Å²) >= 11 is 0. The maximum atomic E-state index is 11.7. The molecule has 1 aromatic rings. The first-order valence-corrected chi connectivity index (χ1v) is 5.39. The second-order valence-corrected chi connectivity index (χ2v) is 4.82. The van der Waals surface area contributed by atoms with Crippen molar-refractivity contribution in [1.29, 1.82) is 0 Å². The number of terminal acetylenes is 1. The van der Waals surface area contributed by atoms with Crippen LogP contribution in [0.3, 0.4) is 0 Å². The molecule has 0 unspecified atom stereocenters. The van der Waals surface area contributed by atoms with Crippen LogP contribution in [0.25, 0.3) is 0 Å². The van der Waals surface area contributed by atoms with Crippen molar-refractivity contribution in [2.24, 2.45) is 5.41 Å². The average molecular weight is 230 g/mol. The number of nitrogens with zero attached hydrogens (tertiary/aromatic N) is 2. The number of pyridine rings is 1. The molecule has 1 amide bonds. The van der Waals surface area contributed by atoms with Crippen LogP contribution in [-0.2, 0) is 4.74 Å². The summed E-state index contributed by atoms with van der Waals surface area (Å²) in [6, 6.07) is 3.51. The van der Waals surface area contributed by atoms with E-state index in [4.69, 9.17) is 11.2 Å². The summed E-state index contributed by atoms with van der Waals surface area (Å²) in [4.78, 5) is 17.4. The number of rotatable bonds is 1. The van der Waals surface area contributed by atoms with Crippen LogP contribution in [0.15, 0.2) is 18.3 Å². The molecule has 1 aliphatic heterocycles. The number of hydrogen-bond acceptors (Lipinski definition) is 3. The van der Waals surface area contributed by atoms with Gasteiger partial charge in [-0.15, -0.1) is 6.42 Å². The van der Waals surface area contributed by atoms with Gasteiger partial charge in [0.15, 0.2) is 5.82 Å². The molecular weight excluding hydrogens is 216 g/mol. The summed E-state index contributed by atoms with van der Waals surface area (Å²) < 4.78 is 5.14. The van der Waals surface area contributed by atoms with Gasteiger partial charge in [-0.1, -0.05) is 19.8 Å². The number of anilines is 1. The lowest BCUT2D eigenvalue weighted by Gasteiger charge is -2.36. The number of ether oxygens (including phenoxy) is 1. The highest BCUT2D eigenvalue weighted by molar-refractivity contribution is 5.88. The van der Waals surface area contributed by atoms with Crippen molar-refractivity contribution in [1.82, 2.24) is 4.98 Å². The fourth-order valence-electron chi connectivity index (χ4n) is 1.76. The third kappa shape index (κ3) is 2.23. The Morgan fingerprint density at radius 2 is 2.35 bits per heavy atom. The molecule has 0 saturated carbocycles. The topological polar surface area (TPSA) is 42.4 Å². The van der Waals surface area contributed by atoms with Crippen LogP contribution in [-0.4, -0.2) is 24.2 Å². The second kappa shape index (κ2) is 4.10. The van der Waals surface area contributed by atoms with Crippen molar-refractivity contribution in [2.75, 3.05) is 18.1 Å². The van der Waals surface area contributed by atoms with Crippen molar-refractivity contribution < 1.29 is 9.53 Å². The normalized spacial score (nSPS) is 18.4. The molecule has 1 aliphatic rings. The van der Waals surface area contributed by atoms with Crippen molar-refractivity contribution >= 4 is 11.9 Å². The van der Waals surface area contributed by atoms with Crippen molar-refractivity contribution in [3.05, 3.63) is 23.9 Å². The third-order valence-corrected chi connectivity index (χ3v) is 2.59. The zero-order chi connectivity index (χ0) is 12.5. The van der Waals surface area contributed by atoms with Crippen LogP contribution in [0, 0.1) is 17.8 Å². The van der Waals surface area contributed by atoms with Crippen LogP contribution in [0.1, 0.15) is 19.4 Å². The average Bonchev–Trinajstić information content (AvgIpc) is 2.32. The first kappa shape index (κ1) is 11.5. The fraction of sp³-hybridized carbons (Fsp3) is 0.385. The minimum atomic E-state index is -0.389. The Labute approximate surface area is 101 Å². The van der Waals surface area contributed by atoms with Crippen molar-refractivity contribution in [3.8, 4) is 12.3 Å². The molecular formula is C13H14N2O2. The molecule has 0 radical (unpaired) electrons. The molecule has 4 heteroatoms. The second-order valence-electron chi connectivity index (χ2n) is 4.82. The predicted molar refractivity (Wildman–Crippen MR) is 64.6 cm³/mol. The van der Waals surface area contributed by atoms with Crippen LogP contribution < -0.4 is 4.90 Å². The number of aromatic nitrogens is 1. The van der Waals surface area contributed by atoms with E-state index < -0.39 is 0 Å². The van der Waals surface area contributed by atoms with Gasteiger partial charge in [0.1, 0.15) is 0 Å². The lowest BCUT2D eigenvalue weighted by Crippen LogP contribution is -2.48. The first-order chi connectivity index (χ1) is 8.03. The summed E-state index contributed by atoms with van der Waals surface area (Å²) in [5, 5.41) is 0. The molecule has 0 N–H and O–H groups in total. The van der Waals surface area contributed by atoms with E-state index in [0.717, 1.165) is 0 Å². The zero-order valence-electron chi connectivity index (χ0n) is 9.93. The molecule has 2 heterocycles. The van der Waals surface area contributed by atoms with E-state index in [2.05, 4.69) is 10.9 Å². The maximum absolute atomic E-state index is 11.7. The molecule has 0 spiro atoms. The van der Waals surface area contributed by atoms with Crippen LogP contribution in [0.2, 0.25) is 0 Å². The smallest absolute Gasteiger partial charge is 0.415 e. The number of hydrogen-bond donors (Lipinski definition) is 0. The predicted octanol–water partition coefficient (Wildman–Crippen LogP) is 2.05. The lowest BCUT2D eigenvalue weighted by molar-refractivity contribution is 0.0819. The lowest BCUT2D eigenvalue weighted by atomic mass is 9.93. The summed E-state index contributed by atoms with van der Waals surface area (Å²) in [5.41, 5.74) is 0.499. The van der Waals surface area contributed by atoms with Crippen molar-refractivity contribution in [3.63, 3.8) is 0 Å². The Balaban J connectivity index is 2.38. The van der Waals surface area contributed by atoms with Crippen LogP contribution in [0.4, 0.5) is 10.6 Å². The highest BCUT2D eigenvalue weighted by Gasteiger charge is 2.35. The third-order valence-electron chi connectivity index (χ3n) is 2.59. The number of carbonyl (C=O) groups excluding carboxylic acids is 1. The SMILES string of the molecule is C#Cc1cccnc1N1CC(C)(C)COC1=O. The van der Waals surface area contributed by atoms with Gasteiger partial charge in [-0.3, -0.25) is 4.90 Å². The highest BCUT2D eigenvalue weighted by atomic mass is 16.6. The summed E-state index contributed by atoms with van der Waals surface area (Å²) in [6.07, 6.45) is 6.63. The molecule has 4 nitrogen and oxygen atoms in total. The summed E-state index contributed by atoms with van der Waals surface area (Å²) in [5.74, 6) is 3.02. The molecule has 88 valence electrons. The largest absolute Gasteiger partial charge is 0.448 e. The summed E-state index contributed by atoms with van der Waals surface area (Å²) in [7, 11) is 0. The molecule has 1 aromatic heterocycles. The Morgan fingerprint density at radius 1 is 1.59 bits per heavy atom. The van der Waals surface area contributed by atoms with Gasteiger partial charge in [0.2, 0.25) is 0 Å². The van der Waals surface area contributed by atoms with Gasteiger partial charge in [-0.25, -0.2) is 9.78 Å². The molecule has 1 saturated heterocycles. The van der Waals surface area contributed by atoms with E-state index in [1.54, 1.807) is 18.3 Å². The van der Waals surface area contributed by atoms with Gasteiger partial charge >= 0.3 is 6.09 Å². The number of carbonyl (C=O) groups is 1. The van der Waals surface area contributed by atoms with E-state index in [9.17, 15) is 4.79 Å². The van der Waals surface area contributed by atoms with E-state index in [-0.39, 0.29) is 11.5 Å². The minimum absolute atomic E-state index is 0.0999. The minimum Gasteiger partial charge on any atom is -0.448 e. The molecule has 0 aliphatic carbocycles. The van der Waals surface area contributed by atoms with Gasteiger partial charge in [0.05, 0.1) is 12.2 Å². The number of cyclic esters (lactones) is 1. The van der Waals surface area contributed by atoms with Crippen LogP contribution in [0.5, 0.6) is 0 Å². The highest BCUT2D eigenvalue weighted by Crippen LogP contribution is 2.28. The molecule has 0 bridgehead atoms. The molecule has 2 rings (SSSR count). The fourth-order valence-corrected chi connectivity index (χ4v) is 1.76. The molecule has 0 atom stereocenters. The van der Waals surface area contributed by atoms with Crippen LogP contribution >= 0.6 is 0 Å². The van der Waals surface area contributed by atoms with Crippen molar-refractivity contribution in [2.45, 2.75) is 13.8 Å². The van der Waals surface area contributed by atoms with Gasteiger partial charge in [-0.05, 0) is 12.1 Å². The summed E-state index contributed by atoms with van der Waals surface area (Å²) in [6.45, 7) is 5.04. The zero-order valence-corrected chi connectivity index (χ0v) is 9.93. The standard InChI is InChI=1S/C13H14N2O2/c1-4-10-6-5-7-14-11(10)15-8-13(2,3)9-17-12(15)16/h1,5-7H,8-9H2,2-3H3. The molecule has 17 heavy (non-hydrogen) atoms. The maximum Gasteiger partial charge on any atom is 0.415 e. The number of amides is 1. The van der Waals surface area contributed by atoms with Gasteiger partial charge in [-0.2, -0.15) is 0 Å². The van der Waals surface area contributed by atoms with E-state index >= 15 is 0 Å². The van der Waals surface area contributed by atoms with Gasteiger partial charge in [0.25, 0.3) is 0 Å². The molecule has 0 aromatic carbocycles. The quantitative estimate of drug-likeness (QED) is 0.693. The monoisotopic (exact) mass is 230 g/mol. The van der Waals surface area contributed by atoms with Gasteiger partial charge < -0.3 is 4.74 Å². The van der Waals surface area contributed by atoms with E-state index in [1.165, 1.54) is 4.90 Å².